The van der Waals surface area contributed by atoms with E-state index in [1.165, 1.54) is 4.31 Å². The number of sulfonamides is 1. The van der Waals surface area contributed by atoms with Crippen LogP contribution in [0.5, 0.6) is 0 Å². The molecule has 1 aliphatic heterocycles. The van der Waals surface area contributed by atoms with Gasteiger partial charge in [0.2, 0.25) is 15.9 Å². The summed E-state index contributed by atoms with van der Waals surface area (Å²) in [5, 5.41) is 2.71. The van der Waals surface area contributed by atoms with E-state index in [9.17, 15) is 13.2 Å². The molecule has 0 aromatic heterocycles. The molecule has 1 aliphatic rings. The van der Waals surface area contributed by atoms with E-state index in [-0.39, 0.29) is 25.1 Å². The van der Waals surface area contributed by atoms with Gasteiger partial charge in [-0.2, -0.15) is 4.31 Å². The molecule has 1 unspecified atom stereocenters. The van der Waals surface area contributed by atoms with Crippen LogP contribution in [0.1, 0.15) is 12.8 Å². The fourth-order valence-corrected chi connectivity index (χ4v) is 2.76. The lowest BCUT2D eigenvalue weighted by Crippen LogP contribution is -2.44. The molecule has 1 atom stereocenters. The molecular weight excluding hydrogens is 282 g/mol. The summed E-state index contributed by atoms with van der Waals surface area (Å²) >= 11 is 0. The summed E-state index contributed by atoms with van der Waals surface area (Å²) in [5.41, 5.74) is 0. The number of ether oxygens (including phenoxy) is 1. The number of carbonyl (C=O) groups is 1. The first kappa shape index (κ1) is 17.4. The third-order valence-corrected chi connectivity index (χ3v) is 4.32. The molecule has 7 nitrogen and oxygen atoms in total. The number of rotatable bonds is 8. The molecule has 1 rings (SSSR count). The highest BCUT2D eigenvalue weighted by atomic mass is 32.2. The molecule has 0 aromatic rings. The summed E-state index contributed by atoms with van der Waals surface area (Å²) in [7, 11) is 0.412. The van der Waals surface area contributed by atoms with Crippen molar-refractivity contribution in [2.24, 2.45) is 0 Å². The Labute approximate surface area is 121 Å². The van der Waals surface area contributed by atoms with Crippen LogP contribution >= 0.6 is 0 Å². The second-order valence-electron chi connectivity index (χ2n) is 5.34. The van der Waals surface area contributed by atoms with Crippen molar-refractivity contribution >= 4 is 15.9 Å². The Bertz CT molecular complexity index is 405. The predicted octanol–water partition coefficient (Wildman–Crippen LogP) is -0.895. The standard InChI is InChI=1S/C12H25N3O4S/c1-14(2)7-6-13-12(16)10-15(20(3,17)18)9-11-5-4-8-19-11/h11H,4-10H2,1-3H3,(H,13,16). The Hall–Kier alpha value is -0.700. The normalized spacial score (nSPS) is 19.8. The molecule has 1 fully saturated rings. The van der Waals surface area contributed by atoms with Gasteiger partial charge < -0.3 is 15.0 Å². The van der Waals surface area contributed by atoms with Crippen molar-refractivity contribution in [3.8, 4) is 0 Å². The molecule has 1 heterocycles. The molecule has 0 spiro atoms. The number of likely N-dealkylation sites (N-methyl/N-ethyl adjacent to an activating group) is 1. The first-order valence-corrected chi connectivity index (χ1v) is 8.62. The van der Waals surface area contributed by atoms with Gasteiger partial charge in [0.1, 0.15) is 0 Å². The number of nitrogens with zero attached hydrogens (tertiary/aromatic N) is 2. The van der Waals surface area contributed by atoms with Gasteiger partial charge in [-0.05, 0) is 26.9 Å². The zero-order chi connectivity index (χ0) is 15.2. The van der Waals surface area contributed by atoms with Crippen LogP contribution in [0, 0.1) is 0 Å². The van der Waals surface area contributed by atoms with Gasteiger partial charge >= 0.3 is 0 Å². The maximum atomic E-state index is 11.8. The predicted molar refractivity (Wildman–Crippen MR) is 77.0 cm³/mol. The molecule has 0 bridgehead atoms. The minimum Gasteiger partial charge on any atom is -0.377 e. The summed E-state index contributed by atoms with van der Waals surface area (Å²) in [6.45, 7) is 1.99. The van der Waals surface area contributed by atoms with Crippen molar-refractivity contribution in [3.63, 3.8) is 0 Å². The monoisotopic (exact) mass is 307 g/mol. The summed E-state index contributed by atoms with van der Waals surface area (Å²) < 4.78 is 30.1. The molecule has 1 amide bonds. The molecule has 8 heteroatoms. The SMILES string of the molecule is CN(C)CCNC(=O)CN(CC1CCCO1)S(C)(=O)=O. The average molecular weight is 307 g/mol. The highest BCUT2D eigenvalue weighted by molar-refractivity contribution is 7.88. The molecule has 0 aromatic carbocycles. The van der Waals surface area contributed by atoms with E-state index in [0.29, 0.717) is 13.2 Å². The maximum Gasteiger partial charge on any atom is 0.235 e. The van der Waals surface area contributed by atoms with Crippen LogP contribution < -0.4 is 5.32 Å². The Kier molecular flexibility index (Phi) is 6.87. The van der Waals surface area contributed by atoms with E-state index >= 15 is 0 Å². The van der Waals surface area contributed by atoms with Crippen molar-refractivity contribution in [1.82, 2.24) is 14.5 Å². The van der Waals surface area contributed by atoms with Gasteiger partial charge in [0.25, 0.3) is 0 Å². The van der Waals surface area contributed by atoms with E-state index in [4.69, 9.17) is 4.74 Å². The lowest BCUT2D eigenvalue weighted by atomic mass is 10.2. The van der Waals surface area contributed by atoms with Gasteiger partial charge in [0.15, 0.2) is 0 Å². The third-order valence-electron chi connectivity index (χ3n) is 3.10. The van der Waals surface area contributed by atoms with Crippen LogP contribution in [-0.4, -0.2) is 82.8 Å². The number of amides is 1. The highest BCUT2D eigenvalue weighted by Crippen LogP contribution is 2.14. The van der Waals surface area contributed by atoms with E-state index in [2.05, 4.69) is 5.32 Å². The van der Waals surface area contributed by atoms with Crippen molar-refractivity contribution in [1.29, 1.82) is 0 Å². The maximum absolute atomic E-state index is 11.8. The van der Waals surface area contributed by atoms with Crippen LogP contribution in [0.25, 0.3) is 0 Å². The molecule has 1 saturated heterocycles. The lowest BCUT2D eigenvalue weighted by molar-refractivity contribution is -0.121. The van der Waals surface area contributed by atoms with Crippen molar-refractivity contribution < 1.29 is 17.9 Å². The quantitative estimate of drug-likeness (QED) is 0.629. The summed E-state index contributed by atoms with van der Waals surface area (Å²) in [6, 6.07) is 0. The first-order chi connectivity index (χ1) is 9.29. The fourth-order valence-electron chi connectivity index (χ4n) is 1.97. The second kappa shape index (κ2) is 7.92. The van der Waals surface area contributed by atoms with Crippen LogP contribution in [0.15, 0.2) is 0 Å². The van der Waals surface area contributed by atoms with Gasteiger partial charge in [-0.15, -0.1) is 0 Å². The Morgan fingerprint density at radius 2 is 2.10 bits per heavy atom. The lowest BCUT2D eigenvalue weighted by Gasteiger charge is -2.22. The molecule has 20 heavy (non-hydrogen) atoms. The second-order valence-corrected chi connectivity index (χ2v) is 7.33. The van der Waals surface area contributed by atoms with Crippen LogP contribution in [0.4, 0.5) is 0 Å². The van der Waals surface area contributed by atoms with E-state index in [0.717, 1.165) is 25.6 Å². The number of carbonyl (C=O) groups excluding carboxylic acids is 1. The summed E-state index contributed by atoms with van der Waals surface area (Å²) in [5.74, 6) is -0.282. The minimum atomic E-state index is -3.41. The average Bonchev–Trinajstić information content (AvgIpc) is 2.79. The van der Waals surface area contributed by atoms with Gasteiger partial charge in [0.05, 0.1) is 18.9 Å². The van der Waals surface area contributed by atoms with Crippen LogP contribution in [0.2, 0.25) is 0 Å². The van der Waals surface area contributed by atoms with E-state index in [1.807, 2.05) is 19.0 Å². The number of nitrogens with one attached hydrogen (secondary N) is 1. The van der Waals surface area contributed by atoms with Crippen molar-refractivity contribution in [2.45, 2.75) is 18.9 Å². The largest absolute Gasteiger partial charge is 0.377 e. The first-order valence-electron chi connectivity index (χ1n) is 6.77. The summed E-state index contributed by atoms with van der Waals surface area (Å²) in [4.78, 5) is 13.7. The molecular formula is C12H25N3O4S. The summed E-state index contributed by atoms with van der Waals surface area (Å²) in [6.07, 6.45) is 2.81. The molecule has 1 N–H and O–H groups in total. The van der Waals surface area contributed by atoms with Gasteiger partial charge in [0, 0.05) is 26.2 Å². The highest BCUT2D eigenvalue weighted by Gasteiger charge is 2.26. The zero-order valence-electron chi connectivity index (χ0n) is 12.5. The van der Waals surface area contributed by atoms with Crippen molar-refractivity contribution in [2.75, 3.05) is 53.1 Å². The minimum absolute atomic E-state index is 0.0979. The third kappa shape index (κ3) is 6.65. The smallest absolute Gasteiger partial charge is 0.235 e. The number of hydrogen-bond donors (Lipinski definition) is 1. The molecule has 118 valence electrons. The van der Waals surface area contributed by atoms with Gasteiger partial charge in [-0.3, -0.25) is 4.79 Å². The number of hydrogen-bond acceptors (Lipinski definition) is 5. The van der Waals surface area contributed by atoms with Gasteiger partial charge in [-0.1, -0.05) is 0 Å². The van der Waals surface area contributed by atoms with Gasteiger partial charge in [-0.25, -0.2) is 8.42 Å². The molecule has 0 radical (unpaired) electrons. The fraction of sp³-hybridized carbons (Fsp3) is 0.917. The Morgan fingerprint density at radius 3 is 2.60 bits per heavy atom. The van der Waals surface area contributed by atoms with Crippen molar-refractivity contribution in [3.05, 3.63) is 0 Å². The molecule has 0 aliphatic carbocycles. The van der Waals surface area contributed by atoms with E-state index < -0.39 is 10.0 Å². The Morgan fingerprint density at radius 1 is 1.40 bits per heavy atom. The van der Waals surface area contributed by atoms with E-state index in [1.54, 1.807) is 0 Å². The van der Waals surface area contributed by atoms with Crippen LogP contribution in [0.3, 0.4) is 0 Å². The zero-order valence-corrected chi connectivity index (χ0v) is 13.3. The topological polar surface area (TPSA) is 79.0 Å². The molecule has 0 saturated carbocycles. The Balaban J connectivity index is 2.45. The van der Waals surface area contributed by atoms with Crippen LogP contribution in [-0.2, 0) is 19.6 Å².